The molecule has 0 aliphatic heterocycles. The van der Waals surface area contributed by atoms with E-state index in [-0.39, 0.29) is 35.6 Å². The second kappa shape index (κ2) is 32.9. The van der Waals surface area contributed by atoms with Crippen molar-refractivity contribution < 1.29 is 77.6 Å². The Kier molecular flexibility index (Phi) is 15.9. The van der Waals surface area contributed by atoms with E-state index in [1.54, 1.807) is 49.9 Å². The lowest BCUT2D eigenvalue weighted by Gasteiger charge is -2.33. The molecule has 508 valence electrons. The second-order valence-electron chi connectivity index (χ2n) is 21.5. The molecular weight excluding hydrogens is 1280 g/mol. The standard InChI is InChI=1S/2C37H40F4N4O2S/c1-4-43(5-2)18-19-44(22-26-6-10-28(11-7-26)29-12-14-30(15-13-29)37(39,40)41)34(46)23-45-33-21-25(3)20-32(33)35(47)42-36(45)48-24-27-8-16-31(38)17-9-27;1-4-43(5-2)21-22-44(25(3)27-11-13-28(14-12-27)29-15-17-30(18-16-29)37(39,40)41)34(46)23-45-33-8-6-7-32(33)35(47)42-36(45)48-24-26-9-19-31(38)20-10-26/h6-17,25H,4-5,18-24H2,1-3H3;9-20,25H,4-8,21-24H2,1-3H3/i6D,7D,10D,11D,12D,13D,14D,15D,20D2,21D2,22D2,24D2,25D;9D,10D,19D,20D,24D2,25D. The van der Waals surface area contributed by atoms with Gasteiger partial charge in [-0.15, -0.1) is 0 Å². The van der Waals surface area contributed by atoms with Crippen LogP contribution in [-0.2, 0) is 78.5 Å². The molecule has 0 bridgehead atoms. The van der Waals surface area contributed by atoms with Crippen molar-refractivity contribution in [2.24, 2.45) is 5.89 Å². The Hall–Kier alpha value is -7.92. The fraction of sp³-hybridized carbons (Fsp3) is 0.378. The van der Waals surface area contributed by atoms with Gasteiger partial charge >= 0.3 is 12.4 Å². The van der Waals surface area contributed by atoms with Gasteiger partial charge in [0, 0.05) is 78.9 Å². The van der Waals surface area contributed by atoms with Gasteiger partial charge in [-0.05, 0) is 164 Å². The van der Waals surface area contributed by atoms with E-state index in [1.807, 2.05) is 13.8 Å². The summed E-state index contributed by atoms with van der Waals surface area (Å²) in [7, 11) is 0. The molecule has 2 aliphatic rings. The van der Waals surface area contributed by atoms with Crippen molar-refractivity contribution in [1.82, 2.24) is 38.7 Å². The van der Waals surface area contributed by atoms with Crippen LogP contribution in [0.1, 0.15) is 143 Å². The lowest BCUT2D eigenvalue weighted by atomic mass is 9.99. The number of thioether (sulfide) groups is 2. The maximum atomic E-state index is 14.9. The lowest BCUT2D eigenvalue weighted by molar-refractivity contribution is -0.138. The average molecular weight is 1390 g/mol. The third-order valence-corrected chi connectivity index (χ3v) is 17.1. The van der Waals surface area contributed by atoms with Gasteiger partial charge in [0.05, 0.1) is 37.7 Å². The largest absolute Gasteiger partial charge is 0.416 e. The highest BCUT2D eigenvalue weighted by molar-refractivity contribution is 7.98. The predicted octanol–water partition coefficient (Wildman–Crippen LogP) is 15.2. The molecule has 0 fully saturated rings. The van der Waals surface area contributed by atoms with Gasteiger partial charge in [0.25, 0.3) is 11.1 Å². The molecule has 0 N–H and O–H groups in total. The van der Waals surface area contributed by atoms with Gasteiger partial charge in [-0.3, -0.25) is 19.2 Å². The van der Waals surface area contributed by atoms with Gasteiger partial charge in [-0.1, -0.05) is 155 Å². The number of likely N-dealkylation sites (N-methyl/N-ethyl adjacent to an activating group) is 2. The molecule has 2 aliphatic carbocycles. The smallest absolute Gasteiger partial charge is 0.336 e. The number of halogens is 8. The van der Waals surface area contributed by atoms with Crippen LogP contribution in [0.25, 0.3) is 22.3 Å². The van der Waals surface area contributed by atoms with Crippen molar-refractivity contribution in [2.45, 2.75) is 133 Å². The fourth-order valence-corrected chi connectivity index (χ4v) is 11.6. The maximum Gasteiger partial charge on any atom is 0.416 e. The van der Waals surface area contributed by atoms with Crippen LogP contribution in [0.2, 0.25) is 0 Å². The van der Waals surface area contributed by atoms with Crippen LogP contribution in [-0.4, -0.2) is 103 Å². The Morgan fingerprint density at radius 3 is 1.66 bits per heavy atom. The number of alkyl halides is 6. The van der Waals surface area contributed by atoms with Gasteiger partial charge in [0.1, 0.15) is 24.7 Å². The maximum absolute atomic E-state index is 14.9. The molecule has 2 atom stereocenters. The summed E-state index contributed by atoms with van der Waals surface area (Å²) in [5, 5.41) is -1.02. The van der Waals surface area contributed by atoms with Crippen molar-refractivity contribution >= 4 is 35.3 Å². The minimum Gasteiger partial charge on any atom is -0.336 e. The highest BCUT2D eigenvalue weighted by Gasteiger charge is 2.33. The molecule has 2 aromatic heterocycles. The molecule has 0 saturated heterocycles. The van der Waals surface area contributed by atoms with Gasteiger partial charge in [-0.2, -0.15) is 36.3 Å². The Labute approximate surface area is 597 Å². The molecule has 0 radical (unpaired) electrons. The third kappa shape index (κ3) is 18.8. The highest BCUT2D eigenvalue weighted by Crippen LogP contribution is 2.35. The number of benzene rings is 6. The Balaban J connectivity index is 0.000000277. The van der Waals surface area contributed by atoms with E-state index in [9.17, 15) is 58.4 Å². The summed E-state index contributed by atoms with van der Waals surface area (Å²) in [6.45, 7) is 6.29. The molecule has 8 aromatic rings. The van der Waals surface area contributed by atoms with Crippen molar-refractivity contribution in [3.63, 3.8) is 0 Å². The number of hydrogen-bond donors (Lipinski definition) is 0. The first-order valence-electron chi connectivity index (χ1n) is 42.2. The molecular formula is C74H80F8N8O4S2. The molecule has 0 spiro atoms. The molecule has 2 heterocycles. The van der Waals surface area contributed by atoms with E-state index >= 15 is 0 Å². The van der Waals surface area contributed by atoms with Crippen molar-refractivity contribution in [1.29, 1.82) is 0 Å². The van der Waals surface area contributed by atoms with Crippen LogP contribution in [0.4, 0.5) is 35.1 Å². The molecule has 0 saturated carbocycles. The average Bonchev–Trinajstić information content (AvgIpc) is 1.51. The monoisotopic (exact) mass is 1380 g/mol. The first-order chi connectivity index (χ1) is 55.4. The van der Waals surface area contributed by atoms with E-state index in [2.05, 4.69) is 14.9 Å². The predicted molar refractivity (Wildman–Crippen MR) is 362 cm³/mol. The number of nitrogens with zero attached hydrogens (tertiary/aromatic N) is 8. The molecule has 2 amide bonds. The number of amides is 2. The summed E-state index contributed by atoms with van der Waals surface area (Å²) in [6.07, 6.45) is -14.8. The lowest BCUT2D eigenvalue weighted by Crippen LogP contribution is -2.42. The van der Waals surface area contributed by atoms with Crippen LogP contribution in [0.5, 0.6) is 0 Å². The first kappa shape index (κ1) is 46.3. The Morgan fingerprint density at radius 1 is 0.594 bits per heavy atom. The quantitative estimate of drug-likeness (QED) is 0.0295. The molecule has 22 heteroatoms. The summed E-state index contributed by atoms with van der Waals surface area (Å²) in [6, 6.07) is -1.35. The van der Waals surface area contributed by atoms with E-state index in [4.69, 9.17) is 28.8 Å². The van der Waals surface area contributed by atoms with Gasteiger partial charge in [0.2, 0.25) is 11.8 Å². The summed E-state index contributed by atoms with van der Waals surface area (Å²) in [5.41, 5.74) is -14.0. The van der Waals surface area contributed by atoms with Gasteiger partial charge < -0.3 is 28.7 Å². The minimum atomic E-state index is -5.37. The third-order valence-electron chi connectivity index (χ3n) is 15.5. The molecule has 10 rings (SSSR count). The Morgan fingerprint density at radius 2 is 1.09 bits per heavy atom. The zero-order chi connectivity index (χ0) is 90.1. The molecule has 6 aromatic carbocycles. The van der Waals surface area contributed by atoms with E-state index in [0.717, 1.165) is 43.3 Å². The van der Waals surface area contributed by atoms with Crippen molar-refractivity contribution in [3.8, 4) is 22.3 Å². The number of fused-ring (bicyclic) bond motifs is 2. The number of carbonyl (C=O) groups is 2. The van der Waals surface area contributed by atoms with Gasteiger partial charge in [-0.25, -0.2) is 8.78 Å². The number of aromatic nitrogens is 4. The number of rotatable bonds is 26. The van der Waals surface area contributed by atoms with E-state index < -0.39 is 231 Å². The van der Waals surface area contributed by atoms with Crippen molar-refractivity contribution in [3.05, 3.63) is 234 Å². The van der Waals surface area contributed by atoms with Crippen LogP contribution in [0.3, 0.4) is 0 Å². The van der Waals surface area contributed by atoms with Crippen LogP contribution in [0.15, 0.2) is 165 Å². The highest BCUT2D eigenvalue weighted by atomic mass is 32.2. The summed E-state index contributed by atoms with van der Waals surface area (Å²) in [5.74, 6) is -6.91. The van der Waals surface area contributed by atoms with Crippen LogP contribution < -0.4 is 11.1 Å². The van der Waals surface area contributed by atoms with Gasteiger partial charge in [0.15, 0.2) is 10.3 Å². The zero-order valence-electron chi connectivity index (χ0n) is 76.7. The molecule has 12 nitrogen and oxygen atoms in total. The van der Waals surface area contributed by atoms with Crippen molar-refractivity contribution in [2.75, 3.05) is 52.4 Å². The SMILES string of the molecule is [2H]c1c([2H])c(C(F)(F)F)c([2H])c([2H])c1-c1c([2H])c([2H])c(C([2H])([2H])N(CCN(CC)CC)C(=O)Cn2c(SC([2H])([2H])c3ccc(F)cc3)nc(=O)c3c2C([2H])([2H])C([2H])(C)C3([2H])[2H])c([2H])c1[2H].[2H]c1c([2H])c(C([2H])([2H])Sc2nc(=O)c3c(n2CC(=O)N(CCN(CC)CC)C([2H])(C)c2ccc(-c4ccc(C(F)(F)F)cc4)cc2)CCC3)c([2H])c([2H])c1F. The van der Waals surface area contributed by atoms with Crippen LogP contribution in [0, 0.1) is 17.5 Å². The van der Waals surface area contributed by atoms with E-state index in [1.165, 1.54) is 21.6 Å². The normalized spacial score (nSPS) is 20.1. The summed E-state index contributed by atoms with van der Waals surface area (Å²) in [4.78, 5) is 69.7. The summed E-state index contributed by atoms with van der Waals surface area (Å²) >= 11 is 0.431. The van der Waals surface area contributed by atoms with Crippen LogP contribution >= 0.6 is 23.5 Å². The molecule has 2 unspecified atom stereocenters. The Bertz CT molecular complexity index is 5320. The molecule has 96 heavy (non-hydrogen) atoms. The number of hydrogen-bond acceptors (Lipinski definition) is 10. The minimum absolute atomic E-state index is 0.0961. The summed E-state index contributed by atoms with van der Waals surface area (Å²) < 4.78 is 319. The number of carbonyl (C=O) groups excluding carboxylic acids is 2. The topological polar surface area (TPSA) is 117 Å². The van der Waals surface area contributed by atoms with E-state index in [0.29, 0.717) is 101 Å². The second-order valence-corrected chi connectivity index (χ2v) is 23.1. The zero-order valence-corrected chi connectivity index (χ0v) is 54.3. The first-order valence-corrected chi connectivity index (χ1v) is 31.8. The fourth-order valence-electron chi connectivity index (χ4n) is 10.1.